The van der Waals surface area contributed by atoms with Crippen LogP contribution in [0.5, 0.6) is 0 Å². The van der Waals surface area contributed by atoms with Gasteiger partial charge in [-0.3, -0.25) is 4.68 Å². The van der Waals surface area contributed by atoms with E-state index < -0.39 is 0 Å². The number of allylic oxidation sites excluding steroid dienone is 1. The highest BCUT2D eigenvalue weighted by Gasteiger charge is 2.21. The molecule has 2 atom stereocenters. The molecule has 3 heteroatoms. The Bertz CT molecular complexity index is 406. The first-order chi connectivity index (χ1) is 8.68. The average molecular weight is 247 g/mol. The van der Waals surface area contributed by atoms with Crippen LogP contribution in [0.3, 0.4) is 0 Å². The smallest absolute Gasteiger partial charge is 0.0492 e. The highest BCUT2D eigenvalue weighted by atomic mass is 15.3. The number of hydrogen-bond acceptors (Lipinski definition) is 2. The lowest BCUT2D eigenvalue weighted by Gasteiger charge is -2.29. The average Bonchev–Trinajstić information content (AvgIpc) is 2.73. The van der Waals surface area contributed by atoms with Gasteiger partial charge < -0.3 is 5.32 Å². The summed E-state index contributed by atoms with van der Waals surface area (Å²) in [7, 11) is 2.01. The molecule has 0 radical (unpaired) electrons. The van der Waals surface area contributed by atoms with Crippen LogP contribution in [0.2, 0.25) is 0 Å². The van der Waals surface area contributed by atoms with E-state index in [0.29, 0.717) is 0 Å². The molecule has 0 aliphatic heterocycles. The van der Waals surface area contributed by atoms with E-state index in [-0.39, 0.29) is 0 Å². The Labute approximate surface area is 110 Å². The Hall–Kier alpha value is -1.09. The summed E-state index contributed by atoms with van der Waals surface area (Å²) in [4.78, 5) is 0. The van der Waals surface area contributed by atoms with Crippen molar-refractivity contribution in [2.75, 3.05) is 13.1 Å². The van der Waals surface area contributed by atoms with Gasteiger partial charge in [-0.05, 0) is 37.7 Å². The van der Waals surface area contributed by atoms with Crippen LogP contribution in [0.25, 0.3) is 0 Å². The van der Waals surface area contributed by atoms with Crippen molar-refractivity contribution < 1.29 is 0 Å². The summed E-state index contributed by atoms with van der Waals surface area (Å²) in [6, 6.07) is 2.09. The molecule has 1 aromatic rings. The Morgan fingerprint density at radius 3 is 3.00 bits per heavy atom. The second-order valence-electron chi connectivity index (χ2n) is 5.51. The van der Waals surface area contributed by atoms with Crippen LogP contribution in [0, 0.1) is 11.8 Å². The first-order valence-corrected chi connectivity index (χ1v) is 7.02. The molecule has 18 heavy (non-hydrogen) atoms. The Kier molecular flexibility index (Phi) is 4.59. The lowest BCUT2D eigenvalue weighted by atomic mass is 9.80. The predicted octanol–water partition coefficient (Wildman–Crippen LogP) is 2.54. The fraction of sp³-hybridized carbons (Fsp3) is 0.667. The fourth-order valence-corrected chi connectivity index (χ4v) is 2.86. The van der Waals surface area contributed by atoms with Crippen molar-refractivity contribution in [1.29, 1.82) is 0 Å². The molecule has 1 aliphatic carbocycles. The zero-order valence-electron chi connectivity index (χ0n) is 11.8. The van der Waals surface area contributed by atoms with Crippen LogP contribution in [-0.4, -0.2) is 22.9 Å². The minimum absolute atomic E-state index is 0.727. The van der Waals surface area contributed by atoms with E-state index in [9.17, 15) is 0 Å². The number of aromatic nitrogens is 2. The van der Waals surface area contributed by atoms with Gasteiger partial charge in [-0.15, -0.1) is 0 Å². The maximum absolute atomic E-state index is 4.19. The van der Waals surface area contributed by atoms with E-state index in [0.717, 1.165) is 31.3 Å². The minimum Gasteiger partial charge on any atom is -0.316 e. The molecule has 0 saturated heterocycles. The van der Waals surface area contributed by atoms with Gasteiger partial charge in [0, 0.05) is 38.4 Å². The van der Waals surface area contributed by atoms with Crippen molar-refractivity contribution in [3.8, 4) is 0 Å². The molecule has 0 amide bonds. The molecular formula is C15H25N3. The van der Waals surface area contributed by atoms with Gasteiger partial charge in [-0.25, -0.2) is 0 Å². The van der Waals surface area contributed by atoms with Gasteiger partial charge in [0.15, 0.2) is 0 Å². The Morgan fingerprint density at radius 2 is 2.33 bits per heavy atom. The maximum Gasteiger partial charge on any atom is 0.0492 e. The zero-order chi connectivity index (χ0) is 13.0. The summed E-state index contributed by atoms with van der Waals surface area (Å²) >= 11 is 0. The largest absolute Gasteiger partial charge is 0.316 e. The third-order valence-electron chi connectivity index (χ3n) is 4.20. The number of aryl methyl sites for hydroxylation is 1. The molecule has 0 fully saturated rings. The van der Waals surface area contributed by atoms with Gasteiger partial charge in [0.1, 0.15) is 0 Å². The number of nitrogens with one attached hydrogen (secondary N) is 1. The van der Waals surface area contributed by atoms with Gasteiger partial charge in [0.05, 0.1) is 0 Å². The first-order valence-electron chi connectivity index (χ1n) is 7.02. The third-order valence-corrected chi connectivity index (χ3v) is 4.20. The van der Waals surface area contributed by atoms with Crippen molar-refractivity contribution in [2.24, 2.45) is 18.9 Å². The lowest BCUT2D eigenvalue weighted by Crippen LogP contribution is -2.31. The predicted molar refractivity (Wildman–Crippen MR) is 75.4 cm³/mol. The summed E-state index contributed by atoms with van der Waals surface area (Å²) in [5.74, 6) is 1.55. The SMILES string of the molecule is CC1=CCC[C@H](C)[C@@H]1CNCCc1ccnn1C. The number of hydrogen-bond donors (Lipinski definition) is 1. The molecule has 1 aliphatic rings. The highest BCUT2D eigenvalue weighted by Crippen LogP contribution is 2.29. The molecule has 1 N–H and O–H groups in total. The Morgan fingerprint density at radius 1 is 1.50 bits per heavy atom. The summed E-state index contributed by atoms with van der Waals surface area (Å²) in [5.41, 5.74) is 2.87. The molecule has 0 unspecified atom stereocenters. The zero-order valence-corrected chi connectivity index (χ0v) is 11.8. The van der Waals surface area contributed by atoms with Gasteiger partial charge in [0.2, 0.25) is 0 Å². The molecular weight excluding hydrogens is 222 g/mol. The van der Waals surface area contributed by atoms with Gasteiger partial charge >= 0.3 is 0 Å². The van der Waals surface area contributed by atoms with Gasteiger partial charge in [0.25, 0.3) is 0 Å². The fourth-order valence-electron chi connectivity index (χ4n) is 2.86. The van der Waals surface area contributed by atoms with E-state index in [1.54, 1.807) is 5.57 Å². The molecule has 3 nitrogen and oxygen atoms in total. The molecule has 1 heterocycles. The van der Waals surface area contributed by atoms with Gasteiger partial charge in [-0.2, -0.15) is 5.10 Å². The summed E-state index contributed by atoms with van der Waals surface area (Å²) < 4.78 is 1.95. The van der Waals surface area contributed by atoms with E-state index in [1.165, 1.54) is 18.5 Å². The molecule has 0 bridgehead atoms. The molecule has 0 spiro atoms. The number of rotatable bonds is 5. The molecule has 2 rings (SSSR count). The summed E-state index contributed by atoms with van der Waals surface area (Å²) in [5, 5.41) is 7.79. The Balaban J connectivity index is 1.74. The van der Waals surface area contributed by atoms with Crippen LogP contribution >= 0.6 is 0 Å². The quantitative estimate of drug-likeness (QED) is 0.640. The van der Waals surface area contributed by atoms with Crippen molar-refractivity contribution in [1.82, 2.24) is 15.1 Å². The molecule has 100 valence electrons. The lowest BCUT2D eigenvalue weighted by molar-refractivity contribution is 0.351. The van der Waals surface area contributed by atoms with Crippen molar-refractivity contribution in [2.45, 2.75) is 33.1 Å². The second kappa shape index (κ2) is 6.19. The second-order valence-corrected chi connectivity index (χ2v) is 5.51. The van der Waals surface area contributed by atoms with Crippen LogP contribution in [0.4, 0.5) is 0 Å². The van der Waals surface area contributed by atoms with Crippen LogP contribution < -0.4 is 5.32 Å². The van der Waals surface area contributed by atoms with E-state index in [4.69, 9.17) is 0 Å². The normalized spacial score (nSPS) is 24.1. The van der Waals surface area contributed by atoms with E-state index >= 15 is 0 Å². The van der Waals surface area contributed by atoms with Gasteiger partial charge in [-0.1, -0.05) is 18.6 Å². The maximum atomic E-state index is 4.19. The van der Waals surface area contributed by atoms with Crippen molar-refractivity contribution in [3.63, 3.8) is 0 Å². The van der Waals surface area contributed by atoms with E-state index in [1.807, 2.05) is 17.9 Å². The first kappa shape index (κ1) is 13.3. The third kappa shape index (κ3) is 3.22. The highest BCUT2D eigenvalue weighted by molar-refractivity contribution is 5.09. The molecule has 1 aromatic heterocycles. The summed E-state index contributed by atoms with van der Waals surface area (Å²) in [6.45, 7) is 6.81. The van der Waals surface area contributed by atoms with Crippen LogP contribution in [0.1, 0.15) is 32.4 Å². The topological polar surface area (TPSA) is 29.9 Å². The van der Waals surface area contributed by atoms with Crippen molar-refractivity contribution >= 4 is 0 Å². The minimum atomic E-state index is 0.727. The van der Waals surface area contributed by atoms with Crippen molar-refractivity contribution in [3.05, 3.63) is 29.6 Å². The standard InChI is InChI=1S/C15H25N3/c1-12-5-4-6-13(2)15(12)11-16-9-7-14-8-10-17-18(14)3/h5,8,10,13,15-16H,4,6-7,9,11H2,1-3H3/t13-,15+/m0/s1. The molecule has 0 saturated carbocycles. The molecule has 0 aromatic carbocycles. The van der Waals surface area contributed by atoms with Crippen LogP contribution in [-0.2, 0) is 13.5 Å². The number of nitrogens with zero attached hydrogens (tertiary/aromatic N) is 2. The monoisotopic (exact) mass is 247 g/mol. The van der Waals surface area contributed by atoms with Crippen LogP contribution in [0.15, 0.2) is 23.9 Å². The summed E-state index contributed by atoms with van der Waals surface area (Å²) in [6.07, 6.45) is 7.93. The van der Waals surface area contributed by atoms with E-state index in [2.05, 4.69) is 36.4 Å².